The Morgan fingerprint density at radius 2 is 2.00 bits per heavy atom. The van der Waals surface area contributed by atoms with E-state index in [-0.39, 0.29) is 23.6 Å². The monoisotopic (exact) mass is 410 g/mol. The Balaban J connectivity index is 1.75. The second-order valence-electron chi connectivity index (χ2n) is 6.59. The maximum absolute atomic E-state index is 12.8. The molecule has 1 aromatic carbocycles. The van der Waals surface area contributed by atoms with E-state index in [2.05, 4.69) is 20.6 Å². The minimum Gasteiger partial charge on any atom is -0.495 e. The molecule has 0 saturated carbocycles. The van der Waals surface area contributed by atoms with Gasteiger partial charge in [-0.25, -0.2) is 9.97 Å². The SMILES string of the molecule is COc1cc(C(=O)NC2CCOCC2)ccc1Nc1ncc(C(F)(F)F)c(C)n1. The standard InChI is InChI=1S/C19H21F3N4O3/c1-11-14(19(20,21)22)10-23-18(24-11)26-15-4-3-12(9-16(15)28-2)17(27)25-13-5-7-29-8-6-13/h3-4,9-10,13H,5-8H2,1-2H3,(H,25,27)(H,23,24,26). The molecular weight excluding hydrogens is 389 g/mol. The molecule has 0 unspecified atom stereocenters. The molecule has 3 rings (SSSR count). The average Bonchev–Trinajstić information content (AvgIpc) is 2.68. The third kappa shape index (κ3) is 5.14. The first kappa shape index (κ1) is 20.8. The fraction of sp³-hybridized carbons (Fsp3) is 0.421. The van der Waals surface area contributed by atoms with Crippen LogP contribution in [0.2, 0.25) is 0 Å². The van der Waals surface area contributed by atoms with Crippen molar-refractivity contribution >= 4 is 17.5 Å². The van der Waals surface area contributed by atoms with E-state index < -0.39 is 11.7 Å². The number of benzene rings is 1. The van der Waals surface area contributed by atoms with Crippen molar-refractivity contribution in [2.24, 2.45) is 0 Å². The molecule has 0 radical (unpaired) electrons. The Morgan fingerprint density at radius 3 is 2.62 bits per heavy atom. The van der Waals surface area contributed by atoms with E-state index in [1.165, 1.54) is 14.0 Å². The van der Waals surface area contributed by atoms with Crippen molar-refractivity contribution in [3.63, 3.8) is 0 Å². The average molecular weight is 410 g/mol. The van der Waals surface area contributed by atoms with Crippen LogP contribution in [-0.2, 0) is 10.9 Å². The summed E-state index contributed by atoms with van der Waals surface area (Å²) in [5, 5.41) is 5.78. The molecule has 0 bridgehead atoms. The van der Waals surface area contributed by atoms with Crippen LogP contribution in [0.1, 0.15) is 34.5 Å². The number of aryl methyl sites for hydroxylation is 1. The van der Waals surface area contributed by atoms with Crippen molar-refractivity contribution in [3.05, 3.63) is 41.2 Å². The summed E-state index contributed by atoms with van der Waals surface area (Å²) < 4.78 is 49.1. The number of hydrogen-bond acceptors (Lipinski definition) is 6. The fourth-order valence-electron chi connectivity index (χ4n) is 2.97. The molecule has 2 aromatic rings. The first-order valence-electron chi connectivity index (χ1n) is 9.02. The lowest BCUT2D eigenvalue weighted by Gasteiger charge is -2.23. The number of methoxy groups -OCH3 is 1. The summed E-state index contributed by atoms with van der Waals surface area (Å²) in [7, 11) is 1.43. The van der Waals surface area contributed by atoms with E-state index in [0.717, 1.165) is 19.0 Å². The van der Waals surface area contributed by atoms with E-state index in [1.807, 2.05) is 0 Å². The van der Waals surface area contributed by atoms with Gasteiger partial charge in [-0.05, 0) is 38.0 Å². The summed E-state index contributed by atoms with van der Waals surface area (Å²) in [5.74, 6) is 0.0994. The number of hydrogen-bond donors (Lipinski definition) is 2. The number of amides is 1. The van der Waals surface area contributed by atoms with E-state index >= 15 is 0 Å². The van der Waals surface area contributed by atoms with Crippen molar-refractivity contribution in [2.75, 3.05) is 25.6 Å². The van der Waals surface area contributed by atoms with Crippen LogP contribution in [0.3, 0.4) is 0 Å². The molecular formula is C19H21F3N4O3. The number of halogens is 3. The van der Waals surface area contributed by atoms with Crippen LogP contribution in [0.4, 0.5) is 24.8 Å². The predicted octanol–water partition coefficient (Wildman–Crippen LogP) is 3.46. The van der Waals surface area contributed by atoms with Crippen LogP contribution in [0, 0.1) is 6.92 Å². The lowest BCUT2D eigenvalue weighted by Crippen LogP contribution is -2.38. The van der Waals surface area contributed by atoms with Crippen LogP contribution in [-0.4, -0.2) is 42.2 Å². The van der Waals surface area contributed by atoms with Crippen LogP contribution in [0.15, 0.2) is 24.4 Å². The number of ether oxygens (including phenoxy) is 2. The Morgan fingerprint density at radius 1 is 1.28 bits per heavy atom. The van der Waals surface area contributed by atoms with Crippen molar-refractivity contribution in [1.82, 2.24) is 15.3 Å². The predicted molar refractivity (Wildman–Crippen MR) is 99.4 cm³/mol. The molecule has 1 aliphatic heterocycles. The number of carbonyl (C=O) groups is 1. The first-order chi connectivity index (χ1) is 13.8. The number of anilines is 2. The van der Waals surface area contributed by atoms with Gasteiger partial charge in [0.2, 0.25) is 5.95 Å². The summed E-state index contributed by atoms with van der Waals surface area (Å²) in [6.07, 6.45) is -2.27. The van der Waals surface area contributed by atoms with E-state index in [0.29, 0.717) is 30.2 Å². The number of aromatic nitrogens is 2. The van der Waals surface area contributed by atoms with E-state index in [9.17, 15) is 18.0 Å². The molecule has 2 heterocycles. The molecule has 7 nitrogen and oxygen atoms in total. The van der Waals surface area contributed by atoms with Gasteiger partial charge >= 0.3 is 6.18 Å². The maximum atomic E-state index is 12.8. The summed E-state index contributed by atoms with van der Waals surface area (Å²) >= 11 is 0. The van der Waals surface area contributed by atoms with Gasteiger partial charge in [0.05, 0.1) is 24.1 Å². The second-order valence-corrected chi connectivity index (χ2v) is 6.59. The van der Waals surface area contributed by atoms with Crippen molar-refractivity contribution in [1.29, 1.82) is 0 Å². The minimum atomic E-state index is -4.51. The molecule has 0 atom stereocenters. The third-order valence-corrected chi connectivity index (χ3v) is 4.55. The normalized spacial score (nSPS) is 15.1. The number of nitrogens with zero attached hydrogens (tertiary/aromatic N) is 2. The molecule has 2 N–H and O–H groups in total. The quantitative estimate of drug-likeness (QED) is 0.785. The van der Waals surface area contributed by atoms with Gasteiger partial charge in [0.15, 0.2) is 0 Å². The topological polar surface area (TPSA) is 85.4 Å². The fourth-order valence-corrected chi connectivity index (χ4v) is 2.97. The zero-order valence-corrected chi connectivity index (χ0v) is 16.0. The highest BCUT2D eigenvalue weighted by Crippen LogP contribution is 2.32. The van der Waals surface area contributed by atoms with Crippen molar-refractivity contribution < 1.29 is 27.4 Å². The summed E-state index contributed by atoms with van der Waals surface area (Å²) in [6.45, 7) is 2.49. The van der Waals surface area contributed by atoms with Gasteiger partial charge in [-0.15, -0.1) is 0 Å². The maximum Gasteiger partial charge on any atom is 0.419 e. The Hall–Kier alpha value is -2.88. The second kappa shape index (κ2) is 8.64. The number of nitrogens with one attached hydrogen (secondary N) is 2. The molecule has 1 fully saturated rings. The number of carbonyl (C=O) groups excluding carboxylic acids is 1. The van der Waals surface area contributed by atoms with E-state index in [1.54, 1.807) is 18.2 Å². The molecule has 0 spiro atoms. The summed E-state index contributed by atoms with van der Waals surface area (Å²) in [5.41, 5.74) is -0.255. The first-order valence-corrected chi connectivity index (χ1v) is 9.02. The van der Waals surface area contributed by atoms with Crippen LogP contribution >= 0.6 is 0 Å². The lowest BCUT2D eigenvalue weighted by atomic mass is 10.1. The molecule has 1 saturated heterocycles. The largest absolute Gasteiger partial charge is 0.495 e. The molecule has 1 aromatic heterocycles. The molecule has 1 aliphatic rings. The van der Waals surface area contributed by atoms with Gasteiger partial charge < -0.3 is 20.1 Å². The smallest absolute Gasteiger partial charge is 0.419 e. The highest BCUT2D eigenvalue weighted by Gasteiger charge is 2.33. The Bertz CT molecular complexity index is 883. The van der Waals surface area contributed by atoms with Gasteiger partial charge in [0, 0.05) is 31.0 Å². The highest BCUT2D eigenvalue weighted by molar-refractivity contribution is 5.95. The van der Waals surface area contributed by atoms with E-state index in [4.69, 9.17) is 9.47 Å². The van der Waals surface area contributed by atoms with Gasteiger partial charge in [-0.1, -0.05) is 0 Å². The Labute approximate surface area is 165 Å². The third-order valence-electron chi connectivity index (χ3n) is 4.55. The number of rotatable bonds is 5. The Kier molecular flexibility index (Phi) is 6.21. The summed E-state index contributed by atoms with van der Waals surface area (Å²) in [6, 6.07) is 4.79. The van der Waals surface area contributed by atoms with Crippen LogP contribution < -0.4 is 15.4 Å². The zero-order valence-electron chi connectivity index (χ0n) is 16.0. The molecule has 10 heteroatoms. The van der Waals surface area contributed by atoms with Gasteiger partial charge in [0.1, 0.15) is 5.75 Å². The molecule has 0 aliphatic carbocycles. The molecule has 29 heavy (non-hydrogen) atoms. The van der Waals surface area contributed by atoms with Crippen LogP contribution in [0.25, 0.3) is 0 Å². The minimum absolute atomic E-state index is 0.00629. The summed E-state index contributed by atoms with van der Waals surface area (Å²) in [4.78, 5) is 20.0. The van der Waals surface area contributed by atoms with Crippen LogP contribution in [0.5, 0.6) is 5.75 Å². The van der Waals surface area contributed by atoms with Crippen molar-refractivity contribution in [3.8, 4) is 5.75 Å². The zero-order chi connectivity index (χ0) is 21.0. The van der Waals surface area contributed by atoms with Gasteiger partial charge in [-0.2, -0.15) is 13.2 Å². The lowest BCUT2D eigenvalue weighted by molar-refractivity contribution is -0.138. The highest BCUT2D eigenvalue weighted by atomic mass is 19.4. The van der Waals surface area contributed by atoms with Crippen molar-refractivity contribution in [2.45, 2.75) is 32.0 Å². The number of alkyl halides is 3. The molecule has 156 valence electrons. The van der Waals surface area contributed by atoms with Gasteiger partial charge in [-0.3, -0.25) is 4.79 Å². The molecule has 1 amide bonds. The van der Waals surface area contributed by atoms with Gasteiger partial charge in [0.25, 0.3) is 5.91 Å².